The maximum atomic E-state index is 12.2. The number of nitro benzene ring substituents is 1. The van der Waals surface area contributed by atoms with E-state index in [9.17, 15) is 23.6 Å². The Morgan fingerprint density at radius 1 is 1.19 bits per heavy atom. The highest BCUT2D eigenvalue weighted by Gasteiger charge is 2.25. The maximum Gasteiger partial charge on any atom is 0.289 e. The van der Waals surface area contributed by atoms with Gasteiger partial charge in [0.2, 0.25) is 0 Å². The van der Waals surface area contributed by atoms with E-state index in [4.69, 9.17) is 11.6 Å². The quantitative estimate of drug-likeness (QED) is 0.662. The smallest absolute Gasteiger partial charge is 0.289 e. The van der Waals surface area contributed by atoms with Crippen molar-refractivity contribution in [1.29, 1.82) is 0 Å². The van der Waals surface area contributed by atoms with E-state index in [0.717, 1.165) is 18.2 Å². The molecule has 2 rings (SSSR count). The minimum absolute atomic E-state index is 0.0371. The number of anilines is 1. The third kappa shape index (κ3) is 3.23. The van der Waals surface area contributed by atoms with Gasteiger partial charge in [0.1, 0.15) is 5.75 Å². The molecule has 2 aromatic rings. The van der Waals surface area contributed by atoms with E-state index in [0.29, 0.717) is 0 Å². The second-order valence-electron chi connectivity index (χ2n) is 4.00. The van der Waals surface area contributed by atoms with E-state index >= 15 is 0 Å². The molecule has 0 spiro atoms. The van der Waals surface area contributed by atoms with E-state index < -0.39 is 25.5 Å². The molecule has 0 saturated heterocycles. The number of nitrogens with one attached hydrogen (secondary N) is 1. The molecule has 0 unspecified atom stereocenters. The number of aromatic hydroxyl groups is 1. The van der Waals surface area contributed by atoms with E-state index in [1.54, 1.807) is 0 Å². The van der Waals surface area contributed by atoms with Crippen molar-refractivity contribution in [2.75, 3.05) is 4.72 Å². The fourth-order valence-electron chi connectivity index (χ4n) is 1.62. The monoisotopic (exact) mass is 328 g/mol. The Morgan fingerprint density at radius 2 is 1.86 bits per heavy atom. The Balaban J connectivity index is 2.43. The van der Waals surface area contributed by atoms with Crippen molar-refractivity contribution < 1.29 is 18.4 Å². The number of nitro groups is 1. The zero-order valence-electron chi connectivity index (χ0n) is 10.4. The molecule has 0 amide bonds. The van der Waals surface area contributed by atoms with Gasteiger partial charge in [-0.25, -0.2) is 8.42 Å². The van der Waals surface area contributed by atoms with Crippen LogP contribution in [0.2, 0.25) is 5.02 Å². The molecule has 7 nitrogen and oxygen atoms in total. The van der Waals surface area contributed by atoms with Crippen LogP contribution in [0.3, 0.4) is 0 Å². The largest absolute Gasteiger partial charge is 0.506 e. The summed E-state index contributed by atoms with van der Waals surface area (Å²) >= 11 is 5.62. The second kappa shape index (κ2) is 5.58. The standard InChI is InChI=1S/C12H9ClN2O5S/c13-9-6-5-8(7-11(9)16)14-21(19,20)12-4-2-1-3-10(12)15(17)18/h1-7,14,16H. The summed E-state index contributed by atoms with van der Waals surface area (Å²) in [6.45, 7) is 0. The Labute approximate surface area is 125 Å². The van der Waals surface area contributed by atoms with Gasteiger partial charge >= 0.3 is 0 Å². The van der Waals surface area contributed by atoms with Crippen molar-refractivity contribution in [3.63, 3.8) is 0 Å². The van der Waals surface area contributed by atoms with Crippen LogP contribution in [0.5, 0.6) is 5.75 Å². The molecule has 0 aliphatic carbocycles. The van der Waals surface area contributed by atoms with Gasteiger partial charge in [-0.3, -0.25) is 14.8 Å². The van der Waals surface area contributed by atoms with Crippen LogP contribution in [0.4, 0.5) is 11.4 Å². The van der Waals surface area contributed by atoms with Crippen LogP contribution < -0.4 is 4.72 Å². The summed E-state index contributed by atoms with van der Waals surface area (Å²) in [7, 11) is -4.16. The van der Waals surface area contributed by atoms with Crippen molar-refractivity contribution in [2.24, 2.45) is 0 Å². The number of halogens is 1. The lowest BCUT2D eigenvalue weighted by atomic mass is 10.3. The van der Waals surface area contributed by atoms with Gasteiger partial charge in [-0.1, -0.05) is 23.7 Å². The van der Waals surface area contributed by atoms with E-state index in [2.05, 4.69) is 4.72 Å². The van der Waals surface area contributed by atoms with Crippen LogP contribution in [0.1, 0.15) is 0 Å². The minimum atomic E-state index is -4.16. The molecule has 0 aliphatic heterocycles. The molecule has 9 heteroatoms. The first kappa shape index (κ1) is 15.1. The summed E-state index contributed by atoms with van der Waals surface area (Å²) < 4.78 is 26.5. The molecule has 0 aromatic heterocycles. The van der Waals surface area contributed by atoms with E-state index in [-0.39, 0.29) is 16.5 Å². The summed E-state index contributed by atoms with van der Waals surface area (Å²) in [6, 6.07) is 8.69. The topological polar surface area (TPSA) is 110 Å². The van der Waals surface area contributed by atoms with Gasteiger partial charge in [-0.15, -0.1) is 0 Å². The lowest BCUT2D eigenvalue weighted by Crippen LogP contribution is -2.14. The summed E-state index contributed by atoms with van der Waals surface area (Å²) in [5, 5.41) is 20.4. The number of para-hydroxylation sites is 1. The molecule has 0 heterocycles. The first-order valence-electron chi connectivity index (χ1n) is 5.56. The van der Waals surface area contributed by atoms with Crippen molar-refractivity contribution in [1.82, 2.24) is 0 Å². The molecule has 110 valence electrons. The van der Waals surface area contributed by atoms with Crippen molar-refractivity contribution in [2.45, 2.75) is 4.90 Å². The van der Waals surface area contributed by atoms with Gasteiger partial charge in [-0.05, 0) is 18.2 Å². The van der Waals surface area contributed by atoms with Crippen LogP contribution in [0.15, 0.2) is 47.4 Å². The molecule has 0 saturated carbocycles. The predicted octanol–water partition coefficient (Wildman–Crippen LogP) is 2.75. The number of hydrogen-bond acceptors (Lipinski definition) is 5. The Kier molecular flexibility index (Phi) is 4.01. The van der Waals surface area contributed by atoms with Gasteiger partial charge in [0.05, 0.1) is 15.6 Å². The normalized spacial score (nSPS) is 11.1. The number of sulfonamides is 1. The SMILES string of the molecule is O=[N+]([O-])c1ccccc1S(=O)(=O)Nc1ccc(Cl)c(O)c1. The molecule has 21 heavy (non-hydrogen) atoms. The van der Waals surface area contributed by atoms with Gasteiger partial charge in [0.25, 0.3) is 15.7 Å². The molecular weight excluding hydrogens is 320 g/mol. The van der Waals surface area contributed by atoms with Crippen LogP contribution in [0, 0.1) is 10.1 Å². The Morgan fingerprint density at radius 3 is 2.48 bits per heavy atom. The predicted molar refractivity (Wildman–Crippen MR) is 77.0 cm³/mol. The van der Waals surface area contributed by atoms with Gasteiger partial charge in [0, 0.05) is 12.1 Å². The van der Waals surface area contributed by atoms with Gasteiger partial charge in [0.15, 0.2) is 4.90 Å². The number of nitrogens with zero attached hydrogens (tertiary/aromatic N) is 1. The van der Waals surface area contributed by atoms with Gasteiger partial charge in [-0.2, -0.15) is 0 Å². The third-order valence-electron chi connectivity index (χ3n) is 2.55. The zero-order chi connectivity index (χ0) is 15.6. The summed E-state index contributed by atoms with van der Waals surface area (Å²) in [5.74, 6) is -0.306. The lowest BCUT2D eigenvalue weighted by molar-refractivity contribution is -0.387. The molecule has 2 N–H and O–H groups in total. The second-order valence-corrected chi connectivity index (χ2v) is 6.05. The first-order valence-corrected chi connectivity index (χ1v) is 7.42. The lowest BCUT2D eigenvalue weighted by Gasteiger charge is -2.09. The maximum absolute atomic E-state index is 12.2. The molecule has 0 bridgehead atoms. The number of benzene rings is 2. The molecular formula is C12H9ClN2O5S. The molecule has 2 aromatic carbocycles. The van der Waals surface area contributed by atoms with Crippen LogP contribution >= 0.6 is 11.6 Å². The fraction of sp³-hybridized carbons (Fsp3) is 0. The van der Waals surface area contributed by atoms with Crippen molar-refractivity contribution in [3.05, 3.63) is 57.6 Å². The Hall–Kier alpha value is -2.32. The minimum Gasteiger partial charge on any atom is -0.506 e. The third-order valence-corrected chi connectivity index (χ3v) is 4.30. The number of phenolic OH excluding ortho intramolecular Hbond substituents is 1. The summed E-state index contributed by atoms with van der Waals surface area (Å²) in [5.41, 5.74) is -0.502. The zero-order valence-corrected chi connectivity index (χ0v) is 11.9. The van der Waals surface area contributed by atoms with Crippen molar-refractivity contribution in [3.8, 4) is 5.75 Å². The average Bonchev–Trinajstić information content (AvgIpc) is 2.42. The molecule has 0 atom stereocenters. The first-order chi connectivity index (χ1) is 9.81. The number of hydrogen-bond donors (Lipinski definition) is 2. The highest BCUT2D eigenvalue weighted by Crippen LogP contribution is 2.29. The molecule has 0 fully saturated rings. The van der Waals surface area contributed by atoms with Crippen molar-refractivity contribution >= 4 is 33.0 Å². The van der Waals surface area contributed by atoms with Gasteiger partial charge < -0.3 is 5.11 Å². The van der Waals surface area contributed by atoms with E-state index in [1.165, 1.54) is 24.3 Å². The fourth-order valence-corrected chi connectivity index (χ4v) is 2.96. The molecule has 0 radical (unpaired) electrons. The van der Waals surface area contributed by atoms with Crippen LogP contribution in [-0.2, 0) is 10.0 Å². The number of rotatable bonds is 4. The molecule has 0 aliphatic rings. The van der Waals surface area contributed by atoms with E-state index in [1.807, 2.05) is 0 Å². The summed E-state index contributed by atoms with van der Waals surface area (Å²) in [6.07, 6.45) is 0. The highest BCUT2D eigenvalue weighted by atomic mass is 35.5. The highest BCUT2D eigenvalue weighted by molar-refractivity contribution is 7.92. The van der Waals surface area contributed by atoms with Crippen LogP contribution in [-0.4, -0.2) is 18.4 Å². The average molecular weight is 329 g/mol. The number of phenols is 1. The van der Waals surface area contributed by atoms with Crippen LogP contribution in [0.25, 0.3) is 0 Å². The Bertz CT molecular complexity index is 807. The summed E-state index contributed by atoms with van der Waals surface area (Å²) in [4.78, 5) is 9.62.